The summed E-state index contributed by atoms with van der Waals surface area (Å²) in [6.07, 6.45) is 3.59. The Morgan fingerprint density at radius 2 is 1.69 bits per heavy atom. The number of benzene rings is 1. The highest BCUT2D eigenvalue weighted by Gasteiger charge is 2.13. The largest absolute Gasteiger partial charge is 0.317 e. The lowest BCUT2D eigenvalue weighted by molar-refractivity contribution is 0.372. The lowest BCUT2D eigenvalue weighted by Gasteiger charge is -2.22. The van der Waals surface area contributed by atoms with Crippen molar-refractivity contribution < 1.29 is 4.39 Å². The zero-order valence-electron chi connectivity index (χ0n) is 10.3. The smallest absolute Gasteiger partial charge is 0.123 e. The third-order valence-corrected chi connectivity index (χ3v) is 2.90. The highest BCUT2D eigenvalue weighted by Crippen LogP contribution is 2.17. The van der Waals surface area contributed by atoms with Crippen molar-refractivity contribution in [2.45, 2.75) is 33.1 Å². The van der Waals surface area contributed by atoms with Gasteiger partial charge in [-0.25, -0.2) is 4.39 Å². The third-order valence-electron chi connectivity index (χ3n) is 2.90. The van der Waals surface area contributed by atoms with Gasteiger partial charge in [0.15, 0.2) is 0 Å². The van der Waals surface area contributed by atoms with Crippen LogP contribution in [-0.4, -0.2) is 13.1 Å². The molecule has 0 spiro atoms. The van der Waals surface area contributed by atoms with E-state index >= 15 is 0 Å². The summed E-state index contributed by atoms with van der Waals surface area (Å²) < 4.78 is 12.7. The standard InChI is InChI=1S/C12H16FN.C2H6/c13-12-3-1-10(2-4-12)9-11-5-7-14-8-6-11;1-2/h1-4,11,14H,5-9H2;1-2H3. The van der Waals surface area contributed by atoms with Crippen LogP contribution in [0, 0.1) is 11.7 Å². The predicted octanol–water partition coefficient (Wildman–Crippen LogP) is 3.39. The molecule has 16 heavy (non-hydrogen) atoms. The summed E-state index contributed by atoms with van der Waals surface area (Å²) in [6.45, 7) is 6.26. The average Bonchev–Trinajstić information content (AvgIpc) is 2.36. The fraction of sp³-hybridized carbons (Fsp3) is 0.571. The van der Waals surface area contributed by atoms with Crippen LogP contribution in [0.3, 0.4) is 0 Å². The second-order valence-corrected chi connectivity index (χ2v) is 4.02. The normalized spacial score (nSPS) is 16.4. The first-order valence-corrected chi connectivity index (χ1v) is 6.30. The van der Waals surface area contributed by atoms with E-state index in [1.54, 1.807) is 12.1 Å². The Labute approximate surface area is 98.1 Å². The van der Waals surface area contributed by atoms with E-state index in [1.165, 1.54) is 18.4 Å². The van der Waals surface area contributed by atoms with Crippen molar-refractivity contribution in [1.82, 2.24) is 5.32 Å². The number of hydrogen-bond acceptors (Lipinski definition) is 1. The zero-order valence-corrected chi connectivity index (χ0v) is 10.3. The number of piperidine rings is 1. The highest BCUT2D eigenvalue weighted by atomic mass is 19.1. The van der Waals surface area contributed by atoms with Crippen molar-refractivity contribution in [2.75, 3.05) is 13.1 Å². The van der Waals surface area contributed by atoms with E-state index in [1.807, 2.05) is 26.0 Å². The van der Waals surface area contributed by atoms with Crippen molar-refractivity contribution in [2.24, 2.45) is 5.92 Å². The van der Waals surface area contributed by atoms with Crippen LogP contribution in [0.25, 0.3) is 0 Å². The number of halogens is 1. The topological polar surface area (TPSA) is 12.0 Å². The molecule has 0 bridgehead atoms. The molecule has 0 atom stereocenters. The van der Waals surface area contributed by atoms with E-state index in [9.17, 15) is 4.39 Å². The SMILES string of the molecule is CC.Fc1ccc(CC2CCNCC2)cc1. The molecule has 0 amide bonds. The predicted molar refractivity (Wildman–Crippen MR) is 67.0 cm³/mol. The van der Waals surface area contributed by atoms with Crippen LogP contribution in [0.15, 0.2) is 24.3 Å². The monoisotopic (exact) mass is 223 g/mol. The molecule has 1 aromatic rings. The van der Waals surface area contributed by atoms with Gasteiger partial charge in [0.25, 0.3) is 0 Å². The van der Waals surface area contributed by atoms with Crippen molar-refractivity contribution in [3.05, 3.63) is 35.6 Å². The van der Waals surface area contributed by atoms with Gasteiger partial charge >= 0.3 is 0 Å². The summed E-state index contributed by atoms with van der Waals surface area (Å²) in [7, 11) is 0. The van der Waals surface area contributed by atoms with Gasteiger partial charge in [-0.3, -0.25) is 0 Å². The summed E-state index contributed by atoms with van der Waals surface area (Å²) in [5.41, 5.74) is 1.26. The molecule has 0 saturated carbocycles. The minimum atomic E-state index is -0.140. The Kier molecular flexibility index (Phi) is 6.09. The van der Waals surface area contributed by atoms with Crippen LogP contribution in [0.5, 0.6) is 0 Å². The molecule has 1 aliphatic heterocycles. The van der Waals surface area contributed by atoms with Gasteiger partial charge in [0.05, 0.1) is 0 Å². The quantitative estimate of drug-likeness (QED) is 0.810. The van der Waals surface area contributed by atoms with Gasteiger partial charge in [-0.05, 0) is 56.0 Å². The molecule has 2 rings (SSSR count). The Morgan fingerprint density at radius 1 is 1.12 bits per heavy atom. The molecule has 1 saturated heterocycles. The van der Waals surface area contributed by atoms with E-state index in [4.69, 9.17) is 0 Å². The molecule has 1 heterocycles. The molecule has 0 aliphatic carbocycles. The lowest BCUT2D eigenvalue weighted by atomic mass is 9.91. The van der Waals surface area contributed by atoms with Crippen LogP contribution in [0.2, 0.25) is 0 Å². The van der Waals surface area contributed by atoms with E-state index in [-0.39, 0.29) is 5.82 Å². The van der Waals surface area contributed by atoms with Gasteiger partial charge < -0.3 is 5.32 Å². The number of hydrogen-bond donors (Lipinski definition) is 1. The molecule has 1 nitrogen and oxygen atoms in total. The minimum Gasteiger partial charge on any atom is -0.317 e. The lowest BCUT2D eigenvalue weighted by Crippen LogP contribution is -2.28. The van der Waals surface area contributed by atoms with E-state index < -0.39 is 0 Å². The summed E-state index contributed by atoms with van der Waals surface area (Å²) in [4.78, 5) is 0. The summed E-state index contributed by atoms with van der Waals surface area (Å²) >= 11 is 0. The molecule has 0 unspecified atom stereocenters. The highest BCUT2D eigenvalue weighted by molar-refractivity contribution is 5.16. The van der Waals surface area contributed by atoms with Crippen molar-refractivity contribution >= 4 is 0 Å². The van der Waals surface area contributed by atoms with Crippen molar-refractivity contribution in [1.29, 1.82) is 0 Å². The van der Waals surface area contributed by atoms with Crippen LogP contribution in [-0.2, 0) is 6.42 Å². The molecule has 0 aromatic heterocycles. The van der Waals surface area contributed by atoms with Crippen molar-refractivity contribution in [3.63, 3.8) is 0 Å². The maximum atomic E-state index is 12.7. The first-order valence-electron chi connectivity index (χ1n) is 6.30. The maximum Gasteiger partial charge on any atom is 0.123 e. The Hall–Kier alpha value is -0.890. The second-order valence-electron chi connectivity index (χ2n) is 4.02. The Bertz CT molecular complexity index is 275. The van der Waals surface area contributed by atoms with Crippen LogP contribution in [0.4, 0.5) is 4.39 Å². The minimum absolute atomic E-state index is 0.140. The maximum absolute atomic E-state index is 12.7. The fourth-order valence-corrected chi connectivity index (χ4v) is 2.04. The Balaban J connectivity index is 0.000000606. The van der Waals surface area contributed by atoms with Crippen LogP contribution >= 0.6 is 0 Å². The Morgan fingerprint density at radius 3 is 2.25 bits per heavy atom. The molecule has 2 heteroatoms. The first-order chi connectivity index (χ1) is 7.84. The summed E-state index contributed by atoms with van der Waals surface area (Å²) in [6, 6.07) is 6.90. The first kappa shape index (κ1) is 13.2. The molecule has 1 N–H and O–H groups in total. The van der Waals surface area contributed by atoms with Crippen molar-refractivity contribution in [3.8, 4) is 0 Å². The van der Waals surface area contributed by atoms with Crippen LogP contribution in [0.1, 0.15) is 32.3 Å². The summed E-state index contributed by atoms with van der Waals surface area (Å²) in [5, 5.41) is 3.35. The van der Waals surface area contributed by atoms with Crippen LogP contribution < -0.4 is 5.32 Å². The van der Waals surface area contributed by atoms with Gasteiger partial charge in [-0.2, -0.15) is 0 Å². The number of nitrogens with one attached hydrogen (secondary N) is 1. The molecule has 90 valence electrons. The van der Waals surface area contributed by atoms with E-state index in [2.05, 4.69) is 5.32 Å². The molecule has 1 aliphatic rings. The fourth-order valence-electron chi connectivity index (χ4n) is 2.04. The molecular formula is C14H22FN. The second kappa shape index (κ2) is 7.39. The zero-order chi connectivity index (χ0) is 11.8. The van der Waals surface area contributed by atoms with E-state index in [0.717, 1.165) is 25.4 Å². The van der Waals surface area contributed by atoms with E-state index in [0.29, 0.717) is 0 Å². The molecule has 0 radical (unpaired) electrons. The summed E-state index contributed by atoms with van der Waals surface area (Å²) in [5.74, 6) is 0.640. The van der Waals surface area contributed by atoms with Gasteiger partial charge in [0, 0.05) is 0 Å². The third kappa shape index (κ3) is 4.31. The van der Waals surface area contributed by atoms with Gasteiger partial charge in [0.2, 0.25) is 0 Å². The molecule has 1 aromatic carbocycles. The van der Waals surface area contributed by atoms with Gasteiger partial charge in [-0.1, -0.05) is 26.0 Å². The number of rotatable bonds is 2. The molecular weight excluding hydrogens is 201 g/mol. The molecule has 1 fully saturated rings. The average molecular weight is 223 g/mol. The van der Waals surface area contributed by atoms with Gasteiger partial charge in [0.1, 0.15) is 5.82 Å². The van der Waals surface area contributed by atoms with Gasteiger partial charge in [-0.15, -0.1) is 0 Å².